The van der Waals surface area contributed by atoms with Gasteiger partial charge < -0.3 is 5.32 Å². The summed E-state index contributed by atoms with van der Waals surface area (Å²) in [5.41, 5.74) is 2.59. The van der Waals surface area contributed by atoms with Crippen LogP contribution in [-0.2, 0) is 19.8 Å². The van der Waals surface area contributed by atoms with Crippen molar-refractivity contribution in [2.24, 2.45) is 5.10 Å². The Morgan fingerprint density at radius 3 is 2.45 bits per heavy atom. The number of nitrogens with zero attached hydrogens (tertiary/aromatic N) is 3. The Bertz CT molecular complexity index is 578. The fourth-order valence-corrected chi connectivity index (χ4v) is 3.50. The Kier molecular flexibility index (Phi) is 5.14. The third-order valence-electron chi connectivity index (χ3n) is 3.74. The van der Waals surface area contributed by atoms with E-state index < -0.39 is 10.2 Å². The highest BCUT2D eigenvalue weighted by Crippen LogP contribution is 2.15. The van der Waals surface area contributed by atoms with Crippen LogP contribution in [0.25, 0.3) is 0 Å². The van der Waals surface area contributed by atoms with Crippen LogP contribution >= 0.6 is 0 Å². The van der Waals surface area contributed by atoms with Crippen molar-refractivity contribution in [3.8, 4) is 0 Å². The van der Waals surface area contributed by atoms with E-state index in [0.717, 1.165) is 0 Å². The van der Waals surface area contributed by atoms with Crippen molar-refractivity contribution in [1.29, 1.82) is 0 Å². The highest BCUT2D eigenvalue weighted by atomic mass is 32.2. The minimum atomic E-state index is -3.40. The molecule has 124 valence electrons. The van der Waals surface area contributed by atoms with E-state index in [1.54, 1.807) is 0 Å². The van der Waals surface area contributed by atoms with E-state index in [4.69, 9.17) is 0 Å². The summed E-state index contributed by atoms with van der Waals surface area (Å²) in [6.07, 6.45) is 1.69. The molecule has 0 atom stereocenters. The van der Waals surface area contributed by atoms with Crippen LogP contribution < -0.4 is 10.7 Å². The lowest BCUT2D eigenvalue weighted by Crippen LogP contribution is -2.50. The van der Waals surface area contributed by atoms with Crippen molar-refractivity contribution in [2.75, 3.05) is 27.2 Å². The summed E-state index contributed by atoms with van der Waals surface area (Å²) < 4.78 is 26.6. The lowest BCUT2D eigenvalue weighted by atomic mass is 10.1. The van der Waals surface area contributed by atoms with Gasteiger partial charge in [0.05, 0.1) is 0 Å². The molecule has 2 amide bonds. The first-order chi connectivity index (χ1) is 10.3. The summed E-state index contributed by atoms with van der Waals surface area (Å²) in [4.78, 5) is 23.0. The smallest absolute Gasteiger partial charge is 0.281 e. The van der Waals surface area contributed by atoms with Crippen molar-refractivity contribution in [3.05, 3.63) is 0 Å². The minimum absolute atomic E-state index is 0.0820. The Hall–Kier alpha value is -1.52. The molecule has 0 spiro atoms. The first-order valence-electron chi connectivity index (χ1n) is 7.14. The van der Waals surface area contributed by atoms with Gasteiger partial charge in [0.15, 0.2) is 0 Å². The SMILES string of the molecule is CN(C)S(=O)(=O)N1CCC(NC(=O)C2=NNC(=O)CC2)CC1. The molecule has 0 radical (unpaired) electrons. The fraction of sp³-hybridized carbons (Fsp3) is 0.750. The van der Waals surface area contributed by atoms with Crippen LogP contribution in [0.5, 0.6) is 0 Å². The van der Waals surface area contributed by atoms with Crippen molar-refractivity contribution in [2.45, 2.75) is 31.7 Å². The summed E-state index contributed by atoms with van der Waals surface area (Å²) in [5.74, 6) is -0.493. The summed E-state index contributed by atoms with van der Waals surface area (Å²) >= 11 is 0. The van der Waals surface area contributed by atoms with Crippen molar-refractivity contribution < 1.29 is 18.0 Å². The molecule has 2 aliphatic heterocycles. The average molecular weight is 331 g/mol. The molecule has 0 aliphatic carbocycles. The molecule has 2 N–H and O–H groups in total. The largest absolute Gasteiger partial charge is 0.348 e. The second-order valence-corrected chi connectivity index (χ2v) is 7.67. The van der Waals surface area contributed by atoms with E-state index >= 15 is 0 Å². The molecule has 2 heterocycles. The molecule has 2 rings (SSSR count). The molecule has 22 heavy (non-hydrogen) atoms. The van der Waals surface area contributed by atoms with Gasteiger partial charge in [0.25, 0.3) is 16.1 Å². The summed E-state index contributed by atoms with van der Waals surface area (Å²) in [5, 5.41) is 6.59. The topological polar surface area (TPSA) is 111 Å². The average Bonchev–Trinajstić information content (AvgIpc) is 2.48. The zero-order valence-electron chi connectivity index (χ0n) is 12.7. The third kappa shape index (κ3) is 3.81. The molecule has 0 aromatic heterocycles. The van der Waals surface area contributed by atoms with Gasteiger partial charge in [0, 0.05) is 46.1 Å². The molecule has 1 fully saturated rings. The minimum Gasteiger partial charge on any atom is -0.348 e. The third-order valence-corrected chi connectivity index (χ3v) is 5.68. The van der Waals surface area contributed by atoms with E-state index in [1.165, 1.54) is 22.7 Å². The van der Waals surface area contributed by atoms with Crippen LogP contribution in [0.4, 0.5) is 0 Å². The summed E-state index contributed by atoms with van der Waals surface area (Å²) in [7, 11) is -0.398. The van der Waals surface area contributed by atoms with Crippen molar-refractivity contribution >= 4 is 27.7 Å². The molecule has 0 aromatic carbocycles. The maximum atomic E-state index is 12.0. The number of hydrazone groups is 1. The Morgan fingerprint density at radius 1 is 1.32 bits per heavy atom. The highest BCUT2D eigenvalue weighted by molar-refractivity contribution is 7.86. The molecule has 0 bridgehead atoms. The number of piperidine rings is 1. The number of hydrogen-bond acceptors (Lipinski definition) is 5. The lowest BCUT2D eigenvalue weighted by molar-refractivity contribution is -0.121. The van der Waals surface area contributed by atoms with Gasteiger partial charge in [-0.3, -0.25) is 9.59 Å². The van der Waals surface area contributed by atoms with Gasteiger partial charge in [-0.1, -0.05) is 0 Å². The summed E-state index contributed by atoms with van der Waals surface area (Å²) in [6, 6.07) is -0.0820. The predicted molar refractivity (Wildman–Crippen MR) is 80.2 cm³/mol. The maximum absolute atomic E-state index is 12.0. The number of carbonyl (C=O) groups is 2. The van der Waals surface area contributed by atoms with E-state index in [1.807, 2.05) is 0 Å². The number of nitrogens with one attached hydrogen (secondary N) is 2. The van der Waals surface area contributed by atoms with Gasteiger partial charge in [-0.15, -0.1) is 0 Å². The van der Waals surface area contributed by atoms with E-state index in [0.29, 0.717) is 38.1 Å². The number of rotatable bonds is 4. The Morgan fingerprint density at radius 2 is 1.95 bits per heavy atom. The maximum Gasteiger partial charge on any atom is 0.281 e. The first kappa shape index (κ1) is 16.8. The molecular formula is C12H21N5O4S. The number of carbonyl (C=O) groups excluding carboxylic acids is 2. The Balaban J connectivity index is 1.85. The molecule has 1 saturated heterocycles. The van der Waals surface area contributed by atoms with Crippen LogP contribution in [0, 0.1) is 0 Å². The van der Waals surface area contributed by atoms with Crippen LogP contribution in [-0.4, -0.2) is 67.8 Å². The molecule has 2 aliphatic rings. The molecule has 9 nitrogen and oxygen atoms in total. The van der Waals surface area contributed by atoms with Gasteiger partial charge in [0.2, 0.25) is 5.91 Å². The standard InChI is InChI=1S/C12H21N5O4S/c1-16(2)22(20,21)17-7-5-9(6-8-17)13-12(19)10-3-4-11(18)15-14-10/h9H,3-8H2,1-2H3,(H,13,19)(H,15,18). The zero-order chi connectivity index (χ0) is 16.3. The monoisotopic (exact) mass is 331 g/mol. The molecule has 10 heteroatoms. The van der Waals surface area contributed by atoms with Crippen molar-refractivity contribution in [3.63, 3.8) is 0 Å². The second kappa shape index (κ2) is 6.71. The quantitative estimate of drug-likeness (QED) is 0.662. The van der Waals surface area contributed by atoms with Gasteiger partial charge in [-0.25, -0.2) is 5.43 Å². The van der Waals surface area contributed by atoms with Gasteiger partial charge in [-0.2, -0.15) is 22.1 Å². The first-order valence-corrected chi connectivity index (χ1v) is 8.54. The Labute approximate surface area is 129 Å². The van der Waals surface area contributed by atoms with Gasteiger partial charge in [0.1, 0.15) is 5.71 Å². The van der Waals surface area contributed by atoms with Crippen molar-refractivity contribution in [1.82, 2.24) is 19.4 Å². The van der Waals surface area contributed by atoms with Crippen LogP contribution in [0.1, 0.15) is 25.7 Å². The summed E-state index contributed by atoms with van der Waals surface area (Å²) in [6.45, 7) is 0.739. The number of amides is 2. The molecule has 0 unspecified atom stereocenters. The second-order valence-electron chi connectivity index (χ2n) is 5.53. The van der Waals surface area contributed by atoms with Crippen LogP contribution in [0.2, 0.25) is 0 Å². The lowest BCUT2D eigenvalue weighted by Gasteiger charge is -2.33. The van der Waals surface area contributed by atoms with Gasteiger partial charge in [-0.05, 0) is 12.8 Å². The fourth-order valence-electron chi connectivity index (χ4n) is 2.37. The zero-order valence-corrected chi connectivity index (χ0v) is 13.5. The van der Waals surface area contributed by atoms with E-state index in [-0.39, 0.29) is 24.3 Å². The molecule has 0 saturated carbocycles. The van der Waals surface area contributed by atoms with Crippen LogP contribution in [0.15, 0.2) is 5.10 Å². The van der Waals surface area contributed by atoms with Gasteiger partial charge >= 0.3 is 0 Å². The molecule has 0 aromatic rings. The number of hydrogen-bond donors (Lipinski definition) is 2. The molecular weight excluding hydrogens is 310 g/mol. The van der Waals surface area contributed by atoms with E-state index in [9.17, 15) is 18.0 Å². The highest BCUT2D eigenvalue weighted by Gasteiger charge is 2.30. The van der Waals surface area contributed by atoms with E-state index in [2.05, 4.69) is 15.8 Å². The van der Waals surface area contributed by atoms with Crippen LogP contribution in [0.3, 0.4) is 0 Å². The predicted octanol–water partition coefficient (Wildman–Crippen LogP) is -1.36. The normalized spacial score (nSPS) is 21.4.